The Kier molecular flexibility index (Phi) is 3.16. The SMILES string of the molecule is c1cc(C[C@H]2CCNC2)nc(-c2nccs2)c1. The van der Waals surface area contributed by atoms with Crippen LogP contribution in [0.25, 0.3) is 10.7 Å². The topological polar surface area (TPSA) is 37.8 Å². The van der Waals surface area contributed by atoms with Gasteiger partial charge >= 0.3 is 0 Å². The lowest BCUT2D eigenvalue weighted by Crippen LogP contribution is -2.11. The Hall–Kier alpha value is -1.26. The summed E-state index contributed by atoms with van der Waals surface area (Å²) in [7, 11) is 0. The summed E-state index contributed by atoms with van der Waals surface area (Å²) in [6.07, 6.45) is 4.17. The van der Waals surface area contributed by atoms with E-state index in [1.807, 2.05) is 17.6 Å². The summed E-state index contributed by atoms with van der Waals surface area (Å²) in [6.45, 7) is 2.28. The summed E-state index contributed by atoms with van der Waals surface area (Å²) in [4.78, 5) is 9.00. The summed E-state index contributed by atoms with van der Waals surface area (Å²) < 4.78 is 0. The monoisotopic (exact) mass is 245 g/mol. The Morgan fingerprint density at radius 3 is 3.18 bits per heavy atom. The molecule has 0 amide bonds. The molecule has 88 valence electrons. The van der Waals surface area contributed by atoms with Gasteiger partial charge in [-0.1, -0.05) is 6.07 Å². The molecule has 2 aromatic heterocycles. The fourth-order valence-corrected chi connectivity index (χ4v) is 2.85. The number of nitrogens with zero attached hydrogens (tertiary/aromatic N) is 2. The Bertz CT molecular complexity index is 475. The second-order valence-corrected chi connectivity index (χ2v) is 5.31. The molecule has 0 unspecified atom stereocenters. The van der Waals surface area contributed by atoms with Crippen LogP contribution in [0.5, 0.6) is 0 Å². The Labute approximate surface area is 105 Å². The van der Waals surface area contributed by atoms with Crippen LogP contribution in [0.4, 0.5) is 0 Å². The van der Waals surface area contributed by atoms with Crippen LogP contribution in [-0.4, -0.2) is 23.1 Å². The van der Waals surface area contributed by atoms with Crippen LogP contribution in [0.1, 0.15) is 12.1 Å². The van der Waals surface area contributed by atoms with Gasteiger partial charge in [0.15, 0.2) is 0 Å². The van der Waals surface area contributed by atoms with Crippen LogP contribution >= 0.6 is 11.3 Å². The molecule has 1 saturated heterocycles. The van der Waals surface area contributed by atoms with Crippen molar-refractivity contribution in [1.29, 1.82) is 0 Å². The average Bonchev–Trinajstić information content (AvgIpc) is 3.01. The molecule has 0 spiro atoms. The van der Waals surface area contributed by atoms with Gasteiger partial charge in [0.05, 0.1) is 5.69 Å². The molecule has 1 aliphatic heterocycles. The second-order valence-electron chi connectivity index (χ2n) is 4.41. The zero-order chi connectivity index (χ0) is 11.5. The number of aromatic nitrogens is 2. The van der Waals surface area contributed by atoms with E-state index in [1.165, 1.54) is 12.1 Å². The molecule has 0 bridgehead atoms. The van der Waals surface area contributed by atoms with Crippen molar-refractivity contribution in [2.24, 2.45) is 5.92 Å². The predicted octanol–water partition coefficient (Wildman–Crippen LogP) is 2.36. The van der Waals surface area contributed by atoms with E-state index in [2.05, 4.69) is 22.4 Å². The van der Waals surface area contributed by atoms with Gasteiger partial charge in [-0.25, -0.2) is 4.98 Å². The third kappa shape index (κ3) is 2.53. The number of nitrogens with one attached hydrogen (secondary N) is 1. The van der Waals surface area contributed by atoms with Crippen molar-refractivity contribution in [3.8, 4) is 10.7 Å². The summed E-state index contributed by atoms with van der Waals surface area (Å²) in [5, 5.41) is 6.40. The summed E-state index contributed by atoms with van der Waals surface area (Å²) in [6, 6.07) is 6.24. The highest BCUT2D eigenvalue weighted by Crippen LogP contribution is 2.21. The summed E-state index contributed by atoms with van der Waals surface area (Å²) in [5.41, 5.74) is 2.19. The lowest BCUT2D eigenvalue weighted by atomic mass is 10.0. The van der Waals surface area contributed by atoms with Crippen molar-refractivity contribution in [2.45, 2.75) is 12.8 Å². The van der Waals surface area contributed by atoms with Crippen LogP contribution in [-0.2, 0) is 6.42 Å². The zero-order valence-corrected chi connectivity index (χ0v) is 10.4. The first kappa shape index (κ1) is 10.9. The first-order chi connectivity index (χ1) is 8.42. The molecule has 1 N–H and O–H groups in total. The lowest BCUT2D eigenvalue weighted by Gasteiger charge is -2.07. The molecular weight excluding hydrogens is 230 g/mol. The first-order valence-corrected chi connectivity index (χ1v) is 6.86. The number of rotatable bonds is 3. The maximum absolute atomic E-state index is 4.70. The van der Waals surface area contributed by atoms with Gasteiger partial charge in [0.25, 0.3) is 0 Å². The van der Waals surface area contributed by atoms with E-state index >= 15 is 0 Å². The number of pyridine rings is 1. The number of hydrogen-bond acceptors (Lipinski definition) is 4. The average molecular weight is 245 g/mol. The Morgan fingerprint density at radius 1 is 1.41 bits per heavy atom. The molecule has 0 saturated carbocycles. The van der Waals surface area contributed by atoms with Crippen LogP contribution in [0.15, 0.2) is 29.8 Å². The van der Waals surface area contributed by atoms with Crippen LogP contribution < -0.4 is 5.32 Å². The summed E-state index contributed by atoms with van der Waals surface area (Å²) >= 11 is 1.64. The van der Waals surface area contributed by atoms with E-state index in [1.54, 1.807) is 11.3 Å². The quantitative estimate of drug-likeness (QED) is 0.902. The van der Waals surface area contributed by atoms with Gasteiger partial charge in [-0.2, -0.15) is 0 Å². The molecule has 3 heterocycles. The van der Waals surface area contributed by atoms with Gasteiger partial charge in [0.2, 0.25) is 0 Å². The maximum atomic E-state index is 4.70. The van der Waals surface area contributed by atoms with E-state index in [9.17, 15) is 0 Å². The molecule has 17 heavy (non-hydrogen) atoms. The first-order valence-electron chi connectivity index (χ1n) is 5.98. The molecule has 4 heteroatoms. The Balaban J connectivity index is 1.79. The standard InChI is InChI=1S/C13H15N3S/c1-2-11(8-10-4-5-14-9-10)16-12(3-1)13-15-6-7-17-13/h1-3,6-7,10,14H,4-5,8-9H2/t10-/m1/s1. The molecule has 0 radical (unpaired) electrons. The molecular formula is C13H15N3S. The largest absolute Gasteiger partial charge is 0.316 e. The van der Waals surface area contributed by atoms with Crippen LogP contribution in [0, 0.1) is 5.92 Å². The van der Waals surface area contributed by atoms with E-state index in [-0.39, 0.29) is 0 Å². The van der Waals surface area contributed by atoms with E-state index in [0.29, 0.717) is 0 Å². The highest BCUT2D eigenvalue weighted by Gasteiger charge is 2.15. The van der Waals surface area contributed by atoms with Crippen molar-refractivity contribution in [3.63, 3.8) is 0 Å². The molecule has 3 rings (SSSR count). The third-order valence-corrected chi connectivity index (χ3v) is 3.91. The van der Waals surface area contributed by atoms with Gasteiger partial charge in [0, 0.05) is 17.3 Å². The second kappa shape index (κ2) is 4.94. The number of thiazole rings is 1. The van der Waals surface area contributed by atoms with Gasteiger partial charge in [-0.15, -0.1) is 11.3 Å². The van der Waals surface area contributed by atoms with Crippen molar-refractivity contribution < 1.29 is 0 Å². The molecule has 0 aromatic carbocycles. The van der Waals surface area contributed by atoms with E-state index in [4.69, 9.17) is 4.98 Å². The van der Waals surface area contributed by atoms with Crippen LogP contribution in [0.3, 0.4) is 0 Å². The molecule has 2 aromatic rings. The van der Waals surface area contributed by atoms with Crippen molar-refractivity contribution in [3.05, 3.63) is 35.5 Å². The summed E-state index contributed by atoms with van der Waals surface area (Å²) in [5.74, 6) is 0.744. The minimum atomic E-state index is 0.744. The predicted molar refractivity (Wildman–Crippen MR) is 70.0 cm³/mol. The van der Waals surface area contributed by atoms with Gasteiger partial charge < -0.3 is 5.32 Å². The van der Waals surface area contributed by atoms with E-state index in [0.717, 1.165) is 36.1 Å². The van der Waals surface area contributed by atoms with E-state index < -0.39 is 0 Å². The van der Waals surface area contributed by atoms with Crippen molar-refractivity contribution in [1.82, 2.24) is 15.3 Å². The number of hydrogen-bond donors (Lipinski definition) is 1. The molecule has 3 nitrogen and oxygen atoms in total. The molecule has 1 atom stereocenters. The Morgan fingerprint density at radius 2 is 2.41 bits per heavy atom. The lowest BCUT2D eigenvalue weighted by molar-refractivity contribution is 0.572. The highest BCUT2D eigenvalue weighted by atomic mass is 32.1. The third-order valence-electron chi connectivity index (χ3n) is 3.12. The molecule has 1 fully saturated rings. The van der Waals surface area contributed by atoms with Crippen LogP contribution in [0.2, 0.25) is 0 Å². The minimum absolute atomic E-state index is 0.744. The molecule has 0 aliphatic carbocycles. The zero-order valence-electron chi connectivity index (χ0n) is 9.60. The van der Waals surface area contributed by atoms with Crippen molar-refractivity contribution >= 4 is 11.3 Å². The van der Waals surface area contributed by atoms with Crippen molar-refractivity contribution in [2.75, 3.05) is 13.1 Å². The molecule has 1 aliphatic rings. The normalized spacial score (nSPS) is 19.6. The highest BCUT2D eigenvalue weighted by molar-refractivity contribution is 7.13. The maximum Gasteiger partial charge on any atom is 0.141 e. The smallest absolute Gasteiger partial charge is 0.141 e. The fraction of sp³-hybridized carbons (Fsp3) is 0.385. The minimum Gasteiger partial charge on any atom is -0.316 e. The van der Waals surface area contributed by atoms with Gasteiger partial charge in [-0.05, 0) is 44.0 Å². The van der Waals surface area contributed by atoms with Gasteiger partial charge in [0.1, 0.15) is 5.01 Å². The van der Waals surface area contributed by atoms with Gasteiger partial charge in [-0.3, -0.25) is 4.98 Å². The fourth-order valence-electron chi connectivity index (χ4n) is 2.25.